The van der Waals surface area contributed by atoms with E-state index in [9.17, 15) is 9.59 Å². The lowest BCUT2D eigenvalue weighted by Gasteiger charge is -2.39. The second-order valence-electron chi connectivity index (χ2n) is 10.4. The summed E-state index contributed by atoms with van der Waals surface area (Å²) in [5.41, 5.74) is 10.9. The second-order valence-corrected chi connectivity index (χ2v) is 11.9. The molecule has 35 heavy (non-hydrogen) atoms. The Morgan fingerprint density at radius 3 is 2.49 bits per heavy atom. The number of benzene rings is 1. The van der Waals surface area contributed by atoms with Crippen LogP contribution in [0.1, 0.15) is 55.6 Å². The van der Waals surface area contributed by atoms with Crippen LogP contribution in [0.25, 0.3) is 0 Å². The highest BCUT2D eigenvalue weighted by Crippen LogP contribution is 2.44. The lowest BCUT2D eigenvalue weighted by atomic mass is 9.76. The Hall–Kier alpha value is -1.99. The smallest absolute Gasteiger partial charge is 0.314 e. The number of nitrogens with zero attached hydrogens (tertiary/aromatic N) is 2. The van der Waals surface area contributed by atoms with Gasteiger partial charge in [-0.25, -0.2) is 4.79 Å². The van der Waals surface area contributed by atoms with Gasteiger partial charge in [0.2, 0.25) is 5.91 Å². The third-order valence-electron chi connectivity index (χ3n) is 8.29. The number of fused-ring (bicyclic) bond motifs is 1. The third-order valence-corrected chi connectivity index (χ3v) is 9.04. The fourth-order valence-corrected chi connectivity index (χ4v) is 6.96. The lowest BCUT2D eigenvalue weighted by molar-refractivity contribution is -0.134. The van der Waals surface area contributed by atoms with E-state index >= 15 is 0 Å². The fourth-order valence-electron chi connectivity index (χ4n) is 6.35. The van der Waals surface area contributed by atoms with E-state index < -0.39 is 0 Å². The molecular weight excluding hydrogens is 528 g/mol. The predicted molar refractivity (Wildman–Crippen MR) is 142 cm³/mol. The summed E-state index contributed by atoms with van der Waals surface area (Å²) in [5.74, 6) is 1.40. The van der Waals surface area contributed by atoms with Crippen molar-refractivity contribution in [3.8, 4) is 0 Å². The number of dihydropyridines is 1. The molecule has 4 aliphatic rings. The van der Waals surface area contributed by atoms with E-state index in [1.807, 2.05) is 6.07 Å². The topological polar surface area (TPSA) is 78.7 Å². The van der Waals surface area contributed by atoms with Crippen LogP contribution in [-0.2, 0) is 11.2 Å². The van der Waals surface area contributed by atoms with E-state index in [1.54, 1.807) is 4.90 Å². The number of carbonyl (C=O) groups is 2. The highest BCUT2D eigenvalue weighted by Gasteiger charge is 2.36. The number of carbonyl (C=O) groups excluding carboxylic acids is 2. The molecule has 6 nitrogen and oxygen atoms in total. The number of allylic oxidation sites excluding steroid dienone is 3. The monoisotopic (exact) mass is 560 g/mol. The summed E-state index contributed by atoms with van der Waals surface area (Å²) < 4.78 is 1.20. The highest BCUT2D eigenvalue weighted by molar-refractivity contribution is 9.11. The Morgan fingerprint density at radius 2 is 1.77 bits per heavy atom. The Kier molecular flexibility index (Phi) is 7.44. The zero-order valence-corrected chi connectivity index (χ0v) is 22.4. The average molecular weight is 562 g/mol. The van der Waals surface area contributed by atoms with Gasteiger partial charge in [0.1, 0.15) is 0 Å². The van der Waals surface area contributed by atoms with Gasteiger partial charge in [0.05, 0.1) is 0 Å². The average Bonchev–Trinajstić information content (AvgIpc) is 3.00. The summed E-state index contributed by atoms with van der Waals surface area (Å²) in [7, 11) is 0. The van der Waals surface area contributed by atoms with Crippen molar-refractivity contribution in [1.29, 1.82) is 0 Å². The first-order chi connectivity index (χ1) is 16.9. The molecule has 0 saturated carbocycles. The summed E-state index contributed by atoms with van der Waals surface area (Å²) in [6, 6.07) is 6.04. The van der Waals surface area contributed by atoms with Crippen molar-refractivity contribution in [2.24, 2.45) is 17.6 Å². The van der Waals surface area contributed by atoms with E-state index in [1.165, 1.54) is 26.9 Å². The highest BCUT2D eigenvalue weighted by atomic mass is 79.9. The molecule has 5 rings (SSSR count). The van der Waals surface area contributed by atoms with Crippen LogP contribution in [0.3, 0.4) is 0 Å². The van der Waals surface area contributed by atoms with Gasteiger partial charge in [-0.05, 0) is 85.3 Å². The molecule has 1 unspecified atom stereocenters. The minimum absolute atomic E-state index is 0.261. The predicted octanol–water partition coefficient (Wildman–Crippen LogP) is 4.93. The normalized spacial score (nSPS) is 23.7. The summed E-state index contributed by atoms with van der Waals surface area (Å²) >= 11 is 10.1. The number of likely N-dealkylation sites (tertiary alicyclic amines) is 2. The molecule has 1 aliphatic carbocycles. The van der Waals surface area contributed by atoms with Crippen LogP contribution in [-0.4, -0.2) is 54.5 Å². The van der Waals surface area contributed by atoms with E-state index in [4.69, 9.17) is 17.3 Å². The van der Waals surface area contributed by atoms with Gasteiger partial charge in [-0.2, -0.15) is 0 Å². The third kappa shape index (κ3) is 5.41. The zero-order chi connectivity index (χ0) is 24.5. The van der Waals surface area contributed by atoms with Crippen molar-refractivity contribution >= 4 is 39.5 Å². The number of hydrogen-bond donors (Lipinski definition) is 2. The minimum Gasteiger partial charge on any atom is -0.383 e. The maximum absolute atomic E-state index is 13.1. The maximum atomic E-state index is 13.1. The first kappa shape index (κ1) is 24.7. The molecule has 0 radical (unpaired) electrons. The molecule has 0 bridgehead atoms. The van der Waals surface area contributed by atoms with Crippen molar-refractivity contribution in [2.75, 3.05) is 32.7 Å². The molecule has 3 heterocycles. The van der Waals surface area contributed by atoms with Crippen LogP contribution in [0, 0.1) is 11.8 Å². The van der Waals surface area contributed by atoms with Crippen LogP contribution >= 0.6 is 27.5 Å². The number of amides is 3. The molecule has 3 aliphatic heterocycles. The molecule has 2 saturated heterocycles. The first-order valence-electron chi connectivity index (χ1n) is 12.8. The largest absolute Gasteiger partial charge is 0.383 e. The van der Waals surface area contributed by atoms with Gasteiger partial charge in [0.15, 0.2) is 0 Å². The molecule has 1 atom stereocenters. The SMILES string of the molecule is NC(=O)N1CCC(CC(=O)N2CCC(C3C4=C(C=C(Br)CN4)CCc4cc(Cl)ccc43)CC2)CC1. The molecule has 0 spiro atoms. The summed E-state index contributed by atoms with van der Waals surface area (Å²) in [6.07, 6.45) is 8.61. The van der Waals surface area contributed by atoms with Crippen molar-refractivity contribution in [1.82, 2.24) is 15.1 Å². The zero-order valence-electron chi connectivity index (χ0n) is 20.1. The number of rotatable bonds is 3. The summed E-state index contributed by atoms with van der Waals surface area (Å²) in [5, 5.41) is 4.53. The number of piperidine rings is 2. The van der Waals surface area contributed by atoms with Crippen LogP contribution in [0.2, 0.25) is 5.02 Å². The van der Waals surface area contributed by atoms with Crippen molar-refractivity contribution in [2.45, 2.75) is 50.9 Å². The Morgan fingerprint density at radius 1 is 1.06 bits per heavy atom. The molecular formula is C27H34BrClN4O2. The van der Waals surface area contributed by atoms with E-state index in [0.717, 1.165) is 63.2 Å². The maximum Gasteiger partial charge on any atom is 0.314 e. The van der Waals surface area contributed by atoms with Gasteiger partial charge < -0.3 is 20.9 Å². The molecule has 2 fully saturated rings. The van der Waals surface area contributed by atoms with E-state index in [2.05, 4.69) is 44.4 Å². The Labute approximate surface area is 221 Å². The minimum atomic E-state index is -0.354. The van der Waals surface area contributed by atoms with Crippen molar-refractivity contribution in [3.63, 3.8) is 0 Å². The molecule has 188 valence electrons. The van der Waals surface area contributed by atoms with Crippen LogP contribution in [0.5, 0.6) is 0 Å². The quantitative estimate of drug-likeness (QED) is 0.550. The number of halogens is 2. The molecule has 1 aromatic carbocycles. The summed E-state index contributed by atoms with van der Waals surface area (Å²) in [4.78, 5) is 28.2. The second kappa shape index (κ2) is 10.6. The van der Waals surface area contributed by atoms with E-state index in [-0.39, 0.29) is 11.9 Å². The number of aryl methyl sites for hydroxylation is 1. The first-order valence-corrected chi connectivity index (χ1v) is 14.0. The molecule has 1 aromatic rings. The van der Waals surface area contributed by atoms with Gasteiger partial charge in [0, 0.05) is 60.3 Å². The Balaban J connectivity index is 1.27. The molecule has 3 N–H and O–H groups in total. The number of hydrogen-bond acceptors (Lipinski definition) is 3. The van der Waals surface area contributed by atoms with Gasteiger partial charge in [0.25, 0.3) is 0 Å². The van der Waals surface area contributed by atoms with Gasteiger partial charge in [-0.1, -0.05) is 33.6 Å². The molecule has 8 heteroatoms. The fraction of sp³-hybridized carbons (Fsp3) is 0.556. The lowest BCUT2D eigenvalue weighted by Crippen LogP contribution is -2.44. The van der Waals surface area contributed by atoms with E-state index in [0.29, 0.717) is 37.3 Å². The number of nitrogens with two attached hydrogens (primary N) is 1. The van der Waals surface area contributed by atoms with Gasteiger partial charge in [-0.3, -0.25) is 4.79 Å². The standard InChI is InChI=1S/C27H34BrClN4O2/c28-21-14-20-2-1-19-15-22(29)3-4-23(19)25(26(20)31-16-21)18-7-11-32(12-8-18)24(34)13-17-5-9-33(10-6-17)27(30)35/h3-4,14-15,17-18,25,31H,1-2,5-13,16H2,(H2,30,35). The number of urea groups is 1. The molecule has 3 amide bonds. The summed E-state index contributed by atoms with van der Waals surface area (Å²) in [6.45, 7) is 3.77. The Bertz CT molecular complexity index is 1060. The van der Waals surface area contributed by atoms with Crippen LogP contribution in [0.4, 0.5) is 4.79 Å². The van der Waals surface area contributed by atoms with Crippen LogP contribution < -0.4 is 11.1 Å². The van der Waals surface area contributed by atoms with Crippen molar-refractivity contribution < 1.29 is 9.59 Å². The number of primary amides is 1. The number of nitrogens with one attached hydrogen (secondary N) is 1. The van der Waals surface area contributed by atoms with Crippen LogP contribution in [0.15, 0.2) is 40.0 Å². The van der Waals surface area contributed by atoms with Gasteiger partial charge >= 0.3 is 6.03 Å². The van der Waals surface area contributed by atoms with Crippen molar-refractivity contribution in [3.05, 3.63) is 56.2 Å². The molecule has 0 aromatic heterocycles. The van der Waals surface area contributed by atoms with Gasteiger partial charge in [-0.15, -0.1) is 0 Å².